The number of carbonyl (C=O) groups excluding carboxylic acids is 3. The lowest BCUT2D eigenvalue weighted by Crippen LogP contribution is -2.42. The maximum atomic E-state index is 12.4. The zero-order chi connectivity index (χ0) is 21.6. The van der Waals surface area contributed by atoms with Crippen LogP contribution in [0.1, 0.15) is 29.8 Å². The van der Waals surface area contributed by atoms with Crippen molar-refractivity contribution < 1.29 is 23.9 Å². The highest BCUT2D eigenvalue weighted by molar-refractivity contribution is 6.31. The Bertz CT molecular complexity index is 916. The number of rotatable bonds is 7. The van der Waals surface area contributed by atoms with Gasteiger partial charge in [-0.1, -0.05) is 29.3 Å². The summed E-state index contributed by atoms with van der Waals surface area (Å²) in [6, 6.07) is 10.8. The number of methoxy groups -OCH3 is 1. The van der Waals surface area contributed by atoms with E-state index in [1.165, 1.54) is 27.0 Å². The van der Waals surface area contributed by atoms with E-state index in [0.29, 0.717) is 22.0 Å². The number of anilines is 1. The average molecular weight is 419 g/mol. The van der Waals surface area contributed by atoms with E-state index in [2.05, 4.69) is 10.6 Å². The molecule has 2 N–H and O–H groups in total. The minimum Gasteiger partial charge on any atom is -0.495 e. The Balaban J connectivity index is 1.94. The van der Waals surface area contributed by atoms with E-state index in [4.69, 9.17) is 21.1 Å². The normalized spacial score (nSPS) is 12.4. The molecule has 0 spiro atoms. The fourth-order valence-electron chi connectivity index (χ4n) is 2.47. The molecular formula is C21H23ClN2O5. The molecule has 0 fully saturated rings. The number of hydrogen-bond acceptors (Lipinski definition) is 5. The van der Waals surface area contributed by atoms with Crippen LogP contribution < -0.4 is 15.4 Å². The van der Waals surface area contributed by atoms with Crippen LogP contribution in [0, 0.1) is 6.92 Å². The van der Waals surface area contributed by atoms with Crippen LogP contribution in [0.25, 0.3) is 0 Å². The molecule has 0 bridgehead atoms. The Labute approximate surface area is 174 Å². The highest BCUT2D eigenvalue weighted by Crippen LogP contribution is 2.27. The molecule has 0 saturated carbocycles. The molecule has 2 amide bonds. The lowest BCUT2D eigenvalue weighted by atomic mass is 10.1. The third kappa shape index (κ3) is 6.22. The molecule has 0 aliphatic rings. The van der Waals surface area contributed by atoms with Crippen LogP contribution in [-0.2, 0) is 14.3 Å². The van der Waals surface area contributed by atoms with Crippen molar-refractivity contribution in [2.45, 2.75) is 32.9 Å². The largest absolute Gasteiger partial charge is 0.495 e. The number of carbonyl (C=O) groups is 3. The molecule has 0 aliphatic carbocycles. The predicted molar refractivity (Wildman–Crippen MR) is 110 cm³/mol. The SMILES string of the molecule is COc1ccc(Cl)cc1NC(=O)[C@@H](C)OC(=O)[C@H](C)NC(=O)c1cccc(C)c1. The lowest BCUT2D eigenvalue weighted by molar-refractivity contribution is -0.154. The van der Waals surface area contributed by atoms with Gasteiger partial charge in [-0.25, -0.2) is 4.79 Å². The van der Waals surface area contributed by atoms with Crippen LogP contribution in [0.5, 0.6) is 5.75 Å². The summed E-state index contributed by atoms with van der Waals surface area (Å²) in [6.45, 7) is 4.78. The molecule has 2 rings (SSSR count). The molecule has 0 aliphatic heterocycles. The van der Waals surface area contributed by atoms with Gasteiger partial charge in [-0.3, -0.25) is 9.59 Å². The average Bonchev–Trinajstić information content (AvgIpc) is 2.67. The summed E-state index contributed by atoms with van der Waals surface area (Å²) in [5.74, 6) is -1.28. The molecule has 0 radical (unpaired) electrons. The van der Waals surface area contributed by atoms with Crippen molar-refractivity contribution in [2.75, 3.05) is 12.4 Å². The molecule has 0 unspecified atom stereocenters. The zero-order valence-corrected chi connectivity index (χ0v) is 17.4. The van der Waals surface area contributed by atoms with Crippen LogP contribution in [0.3, 0.4) is 0 Å². The van der Waals surface area contributed by atoms with Crippen LogP contribution >= 0.6 is 11.6 Å². The van der Waals surface area contributed by atoms with E-state index in [1.54, 1.807) is 30.3 Å². The molecule has 8 heteroatoms. The number of ether oxygens (including phenoxy) is 2. The number of amides is 2. The highest BCUT2D eigenvalue weighted by atomic mass is 35.5. The smallest absolute Gasteiger partial charge is 0.329 e. The third-order valence-corrected chi connectivity index (χ3v) is 4.30. The molecular weight excluding hydrogens is 396 g/mol. The Morgan fingerprint density at radius 3 is 2.45 bits per heavy atom. The molecule has 0 heterocycles. The number of hydrogen-bond donors (Lipinski definition) is 2. The lowest BCUT2D eigenvalue weighted by Gasteiger charge is -2.18. The zero-order valence-electron chi connectivity index (χ0n) is 16.6. The third-order valence-electron chi connectivity index (χ3n) is 4.06. The first-order valence-corrected chi connectivity index (χ1v) is 9.31. The Morgan fingerprint density at radius 2 is 1.79 bits per heavy atom. The summed E-state index contributed by atoms with van der Waals surface area (Å²) in [5.41, 5.74) is 1.71. The van der Waals surface area contributed by atoms with Crippen molar-refractivity contribution in [3.05, 3.63) is 58.6 Å². The van der Waals surface area contributed by atoms with E-state index in [-0.39, 0.29) is 0 Å². The van der Waals surface area contributed by atoms with Gasteiger partial charge in [0, 0.05) is 10.6 Å². The monoisotopic (exact) mass is 418 g/mol. The van der Waals surface area contributed by atoms with E-state index < -0.39 is 29.9 Å². The van der Waals surface area contributed by atoms with Crippen molar-refractivity contribution in [3.8, 4) is 5.75 Å². The number of halogens is 1. The number of esters is 1. The summed E-state index contributed by atoms with van der Waals surface area (Å²) >= 11 is 5.94. The van der Waals surface area contributed by atoms with Gasteiger partial charge in [0.25, 0.3) is 11.8 Å². The molecule has 0 aromatic heterocycles. The van der Waals surface area contributed by atoms with Crippen LogP contribution in [0.2, 0.25) is 5.02 Å². The van der Waals surface area contributed by atoms with Crippen LogP contribution in [-0.4, -0.2) is 37.0 Å². The van der Waals surface area contributed by atoms with E-state index >= 15 is 0 Å². The van der Waals surface area contributed by atoms with Gasteiger partial charge < -0.3 is 20.1 Å². The Morgan fingerprint density at radius 1 is 1.07 bits per heavy atom. The van der Waals surface area contributed by atoms with Gasteiger partial charge in [-0.15, -0.1) is 0 Å². The van der Waals surface area contributed by atoms with Gasteiger partial charge in [0.15, 0.2) is 6.10 Å². The summed E-state index contributed by atoms with van der Waals surface area (Å²) in [5, 5.41) is 5.58. The Kier molecular flexibility index (Phi) is 7.61. The van der Waals surface area contributed by atoms with Crippen molar-refractivity contribution in [2.24, 2.45) is 0 Å². The van der Waals surface area contributed by atoms with Gasteiger partial charge in [0.1, 0.15) is 11.8 Å². The minimum absolute atomic E-state index is 0.355. The van der Waals surface area contributed by atoms with Gasteiger partial charge in [-0.2, -0.15) is 0 Å². The van der Waals surface area contributed by atoms with Gasteiger partial charge in [0.2, 0.25) is 0 Å². The van der Waals surface area contributed by atoms with E-state index in [0.717, 1.165) is 5.56 Å². The van der Waals surface area contributed by atoms with E-state index in [9.17, 15) is 14.4 Å². The predicted octanol–water partition coefficient (Wildman–Crippen LogP) is 3.35. The maximum absolute atomic E-state index is 12.4. The second kappa shape index (κ2) is 9.93. The van der Waals surface area contributed by atoms with Crippen molar-refractivity contribution >= 4 is 35.1 Å². The molecule has 2 aromatic rings. The van der Waals surface area contributed by atoms with Gasteiger partial charge in [-0.05, 0) is 51.1 Å². The molecule has 2 aromatic carbocycles. The highest BCUT2D eigenvalue weighted by Gasteiger charge is 2.24. The maximum Gasteiger partial charge on any atom is 0.329 e. The molecule has 154 valence electrons. The topological polar surface area (TPSA) is 93.7 Å². The van der Waals surface area contributed by atoms with Crippen molar-refractivity contribution in [3.63, 3.8) is 0 Å². The standard InChI is InChI=1S/C21H23ClN2O5/c1-12-6-5-7-15(10-12)20(26)23-13(2)21(27)29-14(3)19(25)24-17-11-16(22)8-9-18(17)28-4/h5-11,13-14H,1-4H3,(H,23,26)(H,24,25)/t13-,14+/m0/s1. The second-order valence-corrected chi connectivity index (χ2v) is 6.91. The number of benzene rings is 2. The van der Waals surface area contributed by atoms with Crippen LogP contribution in [0.15, 0.2) is 42.5 Å². The van der Waals surface area contributed by atoms with Gasteiger partial charge in [0.05, 0.1) is 12.8 Å². The molecule has 29 heavy (non-hydrogen) atoms. The Hall–Kier alpha value is -3.06. The fraction of sp³-hybridized carbons (Fsp3) is 0.286. The first-order valence-electron chi connectivity index (χ1n) is 8.93. The first-order chi connectivity index (χ1) is 13.7. The van der Waals surface area contributed by atoms with Crippen molar-refractivity contribution in [1.82, 2.24) is 5.32 Å². The summed E-state index contributed by atoms with van der Waals surface area (Å²) in [7, 11) is 1.46. The number of nitrogens with one attached hydrogen (secondary N) is 2. The molecule has 0 saturated heterocycles. The summed E-state index contributed by atoms with van der Waals surface area (Å²) in [6.07, 6.45) is -1.09. The van der Waals surface area contributed by atoms with E-state index in [1.807, 2.05) is 13.0 Å². The molecule has 7 nitrogen and oxygen atoms in total. The first kappa shape index (κ1) is 22.2. The summed E-state index contributed by atoms with van der Waals surface area (Å²) in [4.78, 5) is 36.9. The fourth-order valence-corrected chi connectivity index (χ4v) is 2.64. The van der Waals surface area contributed by atoms with Crippen molar-refractivity contribution in [1.29, 1.82) is 0 Å². The summed E-state index contributed by atoms with van der Waals surface area (Å²) < 4.78 is 10.3. The second-order valence-electron chi connectivity index (χ2n) is 6.48. The van der Waals surface area contributed by atoms with Crippen LogP contribution in [0.4, 0.5) is 5.69 Å². The van der Waals surface area contributed by atoms with Gasteiger partial charge >= 0.3 is 5.97 Å². The number of aryl methyl sites for hydroxylation is 1. The quantitative estimate of drug-likeness (QED) is 0.672. The minimum atomic E-state index is -1.09. The molecule has 2 atom stereocenters.